The Balaban J connectivity index is 1.75. The summed E-state index contributed by atoms with van der Waals surface area (Å²) >= 11 is 0. The van der Waals surface area contributed by atoms with Gasteiger partial charge in [-0.15, -0.1) is 6.58 Å². The van der Waals surface area contributed by atoms with Gasteiger partial charge in [-0.2, -0.15) is 0 Å². The quantitative estimate of drug-likeness (QED) is 0.648. The smallest absolute Gasteiger partial charge is 0.0577 e. The van der Waals surface area contributed by atoms with Crippen LogP contribution < -0.4 is 0 Å². The molecule has 0 radical (unpaired) electrons. The highest BCUT2D eigenvalue weighted by Gasteiger charge is 2.32. The summed E-state index contributed by atoms with van der Waals surface area (Å²) in [5.74, 6) is 2.75. The van der Waals surface area contributed by atoms with Crippen LogP contribution in [0.2, 0.25) is 0 Å². The first-order chi connectivity index (χ1) is 7.83. The first-order valence-electron chi connectivity index (χ1n) is 7.07. The van der Waals surface area contributed by atoms with Crippen molar-refractivity contribution in [2.75, 3.05) is 6.61 Å². The van der Waals surface area contributed by atoms with Gasteiger partial charge in [0.15, 0.2) is 0 Å². The lowest BCUT2D eigenvalue weighted by atomic mass is 9.75. The summed E-state index contributed by atoms with van der Waals surface area (Å²) in [6.45, 7) is 6.93. The molecular formula is C15H26O. The molecule has 2 unspecified atom stereocenters. The lowest BCUT2D eigenvalue weighted by Crippen LogP contribution is -2.20. The van der Waals surface area contributed by atoms with Crippen molar-refractivity contribution < 1.29 is 4.74 Å². The molecule has 2 aliphatic carbocycles. The largest absolute Gasteiger partial charge is 0.378 e. The van der Waals surface area contributed by atoms with E-state index in [1.807, 2.05) is 0 Å². The lowest BCUT2D eigenvalue weighted by Gasteiger charge is -2.31. The fourth-order valence-electron chi connectivity index (χ4n) is 3.64. The van der Waals surface area contributed by atoms with E-state index in [1.165, 1.54) is 44.9 Å². The monoisotopic (exact) mass is 222 g/mol. The molecular weight excluding hydrogens is 196 g/mol. The van der Waals surface area contributed by atoms with E-state index in [-0.39, 0.29) is 0 Å². The molecule has 2 atom stereocenters. The van der Waals surface area contributed by atoms with E-state index in [0.29, 0.717) is 6.10 Å². The zero-order chi connectivity index (χ0) is 11.4. The van der Waals surface area contributed by atoms with Crippen LogP contribution in [0.1, 0.15) is 51.9 Å². The van der Waals surface area contributed by atoms with Crippen molar-refractivity contribution >= 4 is 0 Å². The van der Waals surface area contributed by atoms with E-state index in [2.05, 4.69) is 19.6 Å². The summed E-state index contributed by atoms with van der Waals surface area (Å²) in [5, 5.41) is 0. The van der Waals surface area contributed by atoms with Crippen molar-refractivity contribution in [2.24, 2.45) is 17.8 Å². The molecule has 0 bridgehead atoms. The van der Waals surface area contributed by atoms with Gasteiger partial charge in [0.1, 0.15) is 0 Å². The van der Waals surface area contributed by atoms with Gasteiger partial charge < -0.3 is 4.74 Å². The van der Waals surface area contributed by atoms with Gasteiger partial charge >= 0.3 is 0 Å². The van der Waals surface area contributed by atoms with Crippen LogP contribution in [0.3, 0.4) is 0 Å². The van der Waals surface area contributed by atoms with Crippen molar-refractivity contribution in [3.63, 3.8) is 0 Å². The summed E-state index contributed by atoms with van der Waals surface area (Å²) in [6, 6.07) is 0. The van der Waals surface area contributed by atoms with E-state index in [4.69, 9.17) is 4.74 Å². The predicted molar refractivity (Wildman–Crippen MR) is 68.4 cm³/mol. The number of ether oxygens (including phenoxy) is 1. The van der Waals surface area contributed by atoms with Crippen molar-refractivity contribution in [3.05, 3.63) is 12.7 Å². The Labute approximate surface area is 100 Å². The van der Waals surface area contributed by atoms with Crippen molar-refractivity contribution in [2.45, 2.75) is 58.0 Å². The molecule has 0 aromatic carbocycles. The van der Waals surface area contributed by atoms with E-state index in [9.17, 15) is 0 Å². The molecule has 2 fully saturated rings. The molecule has 0 amide bonds. The Morgan fingerprint density at radius 2 is 1.75 bits per heavy atom. The number of rotatable bonds is 4. The second kappa shape index (κ2) is 5.86. The fourth-order valence-corrected chi connectivity index (χ4v) is 3.64. The first kappa shape index (κ1) is 12.2. The molecule has 1 nitrogen and oxygen atoms in total. The van der Waals surface area contributed by atoms with E-state index < -0.39 is 0 Å². The highest BCUT2D eigenvalue weighted by molar-refractivity contribution is 4.88. The number of allylic oxidation sites excluding steroid dienone is 1. The van der Waals surface area contributed by atoms with Gasteiger partial charge in [0.2, 0.25) is 0 Å². The van der Waals surface area contributed by atoms with Crippen molar-refractivity contribution in [3.8, 4) is 0 Å². The Morgan fingerprint density at radius 1 is 1.06 bits per heavy atom. The summed E-state index contributed by atoms with van der Waals surface area (Å²) in [6.07, 6.45) is 12.4. The van der Waals surface area contributed by atoms with Crippen LogP contribution in [0.5, 0.6) is 0 Å². The second-order valence-corrected chi connectivity index (χ2v) is 5.56. The van der Waals surface area contributed by atoms with Crippen LogP contribution in [0.15, 0.2) is 12.7 Å². The van der Waals surface area contributed by atoms with Crippen LogP contribution in [-0.2, 0) is 4.74 Å². The molecule has 92 valence electrons. The zero-order valence-corrected chi connectivity index (χ0v) is 10.7. The molecule has 0 N–H and O–H groups in total. The maximum atomic E-state index is 5.75. The fraction of sp³-hybridized carbons (Fsp3) is 0.867. The van der Waals surface area contributed by atoms with Gasteiger partial charge in [0.25, 0.3) is 0 Å². The topological polar surface area (TPSA) is 9.23 Å². The molecule has 2 aliphatic rings. The molecule has 16 heavy (non-hydrogen) atoms. The van der Waals surface area contributed by atoms with Crippen LogP contribution in [0, 0.1) is 17.8 Å². The number of hydrogen-bond donors (Lipinski definition) is 0. The average molecular weight is 222 g/mol. The zero-order valence-electron chi connectivity index (χ0n) is 10.7. The van der Waals surface area contributed by atoms with Crippen LogP contribution in [0.4, 0.5) is 0 Å². The number of hydrogen-bond acceptors (Lipinski definition) is 1. The van der Waals surface area contributed by atoms with Crippen molar-refractivity contribution in [1.82, 2.24) is 0 Å². The third kappa shape index (κ3) is 2.88. The molecule has 0 aromatic rings. The van der Waals surface area contributed by atoms with E-state index >= 15 is 0 Å². The van der Waals surface area contributed by atoms with Crippen molar-refractivity contribution in [1.29, 1.82) is 0 Å². The minimum atomic E-state index is 0.576. The van der Waals surface area contributed by atoms with E-state index in [1.54, 1.807) is 0 Å². The summed E-state index contributed by atoms with van der Waals surface area (Å²) in [5.41, 5.74) is 0. The molecule has 0 saturated heterocycles. The Bertz CT molecular complexity index is 215. The molecule has 0 spiro atoms. The minimum Gasteiger partial charge on any atom is -0.378 e. The molecule has 2 saturated carbocycles. The standard InChI is InChI=1S/C15H26O/c1-3-12-5-7-13(8-6-12)14-9-10-15(11-14)16-4-2/h3,12-15H,1,4-11H2,2H3. The van der Waals surface area contributed by atoms with Crippen LogP contribution >= 0.6 is 0 Å². The highest BCUT2D eigenvalue weighted by atomic mass is 16.5. The minimum absolute atomic E-state index is 0.576. The Morgan fingerprint density at radius 3 is 2.38 bits per heavy atom. The van der Waals surface area contributed by atoms with Crippen LogP contribution in [0.25, 0.3) is 0 Å². The predicted octanol–water partition coefficient (Wildman–Crippen LogP) is 4.18. The van der Waals surface area contributed by atoms with Gasteiger partial charge in [0, 0.05) is 6.61 Å². The van der Waals surface area contributed by atoms with Gasteiger partial charge in [-0.1, -0.05) is 6.08 Å². The Hall–Kier alpha value is -0.300. The molecule has 0 aromatic heterocycles. The summed E-state index contributed by atoms with van der Waals surface area (Å²) in [4.78, 5) is 0. The third-order valence-corrected chi connectivity index (χ3v) is 4.64. The molecule has 2 rings (SSSR count). The second-order valence-electron chi connectivity index (χ2n) is 5.56. The maximum Gasteiger partial charge on any atom is 0.0577 e. The maximum absolute atomic E-state index is 5.75. The van der Waals surface area contributed by atoms with Gasteiger partial charge in [0.05, 0.1) is 6.10 Å². The van der Waals surface area contributed by atoms with Gasteiger partial charge in [-0.05, 0) is 69.6 Å². The summed E-state index contributed by atoms with van der Waals surface area (Å²) in [7, 11) is 0. The van der Waals surface area contributed by atoms with Crippen LogP contribution in [-0.4, -0.2) is 12.7 Å². The highest BCUT2D eigenvalue weighted by Crippen LogP contribution is 2.41. The van der Waals surface area contributed by atoms with E-state index in [0.717, 1.165) is 24.4 Å². The lowest BCUT2D eigenvalue weighted by molar-refractivity contribution is 0.0612. The molecule has 1 heteroatoms. The first-order valence-corrected chi connectivity index (χ1v) is 7.07. The molecule has 0 heterocycles. The normalized spacial score (nSPS) is 39.8. The summed E-state index contributed by atoms with van der Waals surface area (Å²) < 4.78 is 5.75. The Kier molecular flexibility index (Phi) is 4.45. The molecule has 0 aliphatic heterocycles. The SMILES string of the molecule is C=CC1CCC(C2CCC(OCC)C2)CC1. The average Bonchev–Trinajstić information content (AvgIpc) is 2.78. The third-order valence-electron chi connectivity index (χ3n) is 4.64. The van der Waals surface area contributed by atoms with Gasteiger partial charge in [-0.25, -0.2) is 0 Å². The van der Waals surface area contributed by atoms with Gasteiger partial charge in [-0.3, -0.25) is 0 Å².